The van der Waals surface area contributed by atoms with Gasteiger partial charge in [-0.25, -0.2) is 0 Å². The Morgan fingerprint density at radius 3 is 2.77 bits per heavy atom. The van der Waals surface area contributed by atoms with Gasteiger partial charge in [-0.1, -0.05) is 6.07 Å². The molecule has 2 aromatic heterocycles. The Kier molecular flexibility index (Phi) is 4.84. The van der Waals surface area contributed by atoms with Crippen LogP contribution in [0.4, 0.5) is 0 Å². The summed E-state index contributed by atoms with van der Waals surface area (Å²) in [7, 11) is 0. The molecule has 2 fully saturated rings. The zero-order valence-corrected chi connectivity index (χ0v) is 14.6. The number of rotatable bonds is 6. The van der Waals surface area contributed by atoms with Crippen LogP contribution in [0.1, 0.15) is 34.8 Å². The maximum absolute atomic E-state index is 12.8. The zero-order valence-electron chi connectivity index (χ0n) is 14.6. The molecule has 0 spiro atoms. The first kappa shape index (κ1) is 17.0. The largest absolute Gasteiger partial charge is 0.381 e. The van der Waals surface area contributed by atoms with Crippen LogP contribution in [0.2, 0.25) is 0 Å². The predicted molar refractivity (Wildman–Crippen MR) is 97.0 cm³/mol. The number of pyridine rings is 2. The molecule has 2 aliphatic rings. The summed E-state index contributed by atoms with van der Waals surface area (Å²) in [6, 6.07) is 8.87. The van der Waals surface area contributed by atoms with E-state index in [-0.39, 0.29) is 23.3 Å². The first-order valence-corrected chi connectivity index (χ1v) is 9.17. The van der Waals surface area contributed by atoms with Gasteiger partial charge in [0.25, 0.3) is 5.91 Å². The molecule has 3 heterocycles. The van der Waals surface area contributed by atoms with Crippen LogP contribution in [0.15, 0.2) is 47.5 Å². The monoisotopic (exact) mass is 353 g/mol. The van der Waals surface area contributed by atoms with E-state index in [2.05, 4.69) is 9.97 Å². The summed E-state index contributed by atoms with van der Waals surface area (Å²) in [4.78, 5) is 33.0. The normalized spacial score (nSPS) is 22.5. The topological polar surface area (TPSA) is 75.3 Å². The van der Waals surface area contributed by atoms with Gasteiger partial charge in [-0.15, -0.1) is 0 Å². The molecule has 1 saturated heterocycles. The van der Waals surface area contributed by atoms with E-state index in [4.69, 9.17) is 4.74 Å². The molecule has 1 N–H and O–H groups in total. The summed E-state index contributed by atoms with van der Waals surface area (Å²) in [6.45, 7) is 2.72. The highest BCUT2D eigenvalue weighted by atomic mass is 16.5. The van der Waals surface area contributed by atoms with Crippen molar-refractivity contribution in [2.24, 2.45) is 11.8 Å². The van der Waals surface area contributed by atoms with Gasteiger partial charge in [-0.05, 0) is 37.0 Å². The molecular formula is C20H23N3O3. The van der Waals surface area contributed by atoms with Crippen molar-refractivity contribution in [2.45, 2.75) is 18.8 Å². The Balaban J connectivity index is 1.48. The van der Waals surface area contributed by atoms with Gasteiger partial charge in [0.2, 0.25) is 5.56 Å². The fourth-order valence-corrected chi connectivity index (χ4v) is 3.53. The third-order valence-corrected chi connectivity index (χ3v) is 5.21. The Hall–Kier alpha value is -2.47. The maximum atomic E-state index is 12.8. The van der Waals surface area contributed by atoms with Crippen molar-refractivity contribution in [3.8, 4) is 0 Å². The van der Waals surface area contributed by atoms with Crippen molar-refractivity contribution in [1.29, 1.82) is 0 Å². The van der Waals surface area contributed by atoms with Gasteiger partial charge in [0, 0.05) is 55.7 Å². The van der Waals surface area contributed by atoms with Crippen LogP contribution in [-0.4, -0.2) is 47.1 Å². The smallest absolute Gasteiger partial charge is 0.255 e. The minimum Gasteiger partial charge on any atom is -0.381 e. The summed E-state index contributed by atoms with van der Waals surface area (Å²) < 4.78 is 5.93. The van der Waals surface area contributed by atoms with Gasteiger partial charge in [-0.2, -0.15) is 0 Å². The summed E-state index contributed by atoms with van der Waals surface area (Å²) in [5.74, 6) is 1.06. The molecule has 4 rings (SSSR count). The van der Waals surface area contributed by atoms with Crippen molar-refractivity contribution in [3.63, 3.8) is 0 Å². The van der Waals surface area contributed by atoms with Crippen molar-refractivity contribution in [2.75, 3.05) is 26.3 Å². The van der Waals surface area contributed by atoms with Gasteiger partial charge < -0.3 is 14.6 Å². The second kappa shape index (κ2) is 7.41. The highest BCUT2D eigenvalue weighted by Gasteiger charge is 2.37. The molecule has 2 unspecified atom stereocenters. The minimum absolute atomic E-state index is 0.0631. The molecule has 0 bridgehead atoms. The number of carbonyl (C=O) groups is 1. The number of aromatic nitrogens is 2. The number of hydrogen-bond acceptors (Lipinski definition) is 4. The molecular weight excluding hydrogens is 330 g/mol. The van der Waals surface area contributed by atoms with Crippen LogP contribution in [-0.2, 0) is 4.74 Å². The summed E-state index contributed by atoms with van der Waals surface area (Å²) in [5, 5.41) is 0. The number of aromatic amines is 1. The molecule has 1 saturated carbocycles. The Bertz CT molecular complexity index is 796. The molecule has 26 heavy (non-hydrogen) atoms. The van der Waals surface area contributed by atoms with E-state index < -0.39 is 0 Å². The fraction of sp³-hybridized carbons (Fsp3) is 0.450. The molecule has 6 heteroatoms. The predicted octanol–water partition coefficient (Wildman–Crippen LogP) is 2.05. The molecule has 2 aromatic rings. The lowest BCUT2D eigenvalue weighted by atomic mass is 9.93. The lowest BCUT2D eigenvalue weighted by molar-refractivity contribution is 0.0739. The highest BCUT2D eigenvalue weighted by molar-refractivity contribution is 5.94. The van der Waals surface area contributed by atoms with Gasteiger partial charge in [0.05, 0.1) is 12.2 Å². The number of likely N-dealkylation sites (tertiary alicyclic amines) is 1. The van der Waals surface area contributed by atoms with E-state index in [1.807, 2.05) is 23.1 Å². The molecule has 1 aliphatic carbocycles. The van der Waals surface area contributed by atoms with Crippen molar-refractivity contribution >= 4 is 5.91 Å². The average molecular weight is 353 g/mol. The van der Waals surface area contributed by atoms with Crippen molar-refractivity contribution in [1.82, 2.24) is 14.9 Å². The second-order valence-corrected chi connectivity index (χ2v) is 7.25. The molecule has 0 radical (unpaired) electrons. The SMILES string of the molecule is O=C(c1ccc(=O)[nH]c1)N1CC(COCC2CC2)C(c2ccccn2)C1. The summed E-state index contributed by atoms with van der Waals surface area (Å²) in [6.07, 6.45) is 5.82. The standard InChI is InChI=1S/C20H23N3O3/c24-19-7-6-15(9-22-19)20(25)23-10-16(13-26-12-14-4-5-14)17(11-23)18-3-1-2-8-21-18/h1-3,6-9,14,16-17H,4-5,10-13H2,(H,22,24). The number of hydrogen-bond donors (Lipinski definition) is 1. The summed E-state index contributed by atoms with van der Waals surface area (Å²) >= 11 is 0. The van der Waals surface area contributed by atoms with E-state index in [0.29, 0.717) is 25.3 Å². The van der Waals surface area contributed by atoms with Gasteiger partial charge in [0.1, 0.15) is 0 Å². The van der Waals surface area contributed by atoms with E-state index in [1.165, 1.54) is 25.1 Å². The van der Waals surface area contributed by atoms with E-state index >= 15 is 0 Å². The van der Waals surface area contributed by atoms with E-state index in [0.717, 1.165) is 18.2 Å². The number of nitrogens with one attached hydrogen (secondary N) is 1. The third-order valence-electron chi connectivity index (χ3n) is 5.21. The van der Waals surface area contributed by atoms with Crippen LogP contribution < -0.4 is 5.56 Å². The van der Waals surface area contributed by atoms with Gasteiger partial charge in [0.15, 0.2) is 0 Å². The quantitative estimate of drug-likeness (QED) is 0.862. The number of H-pyrrole nitrogens is 1. The third kappa shape index (κ3) is 3.85. The first-order valence-electron chi connectivity index (χ1n) is 9.17. The molecule has 1 amide bonds. The van der Waals surface area contributed by atoms with Crippen molar-refractivity contribution in [3.05, 3.63) is 64.3 Å². The summed E-state index contributed by atoms with van der Waals surface area (Å²) in [5.41, 5.74) is 1.30. The van der Waals surface area contributed by atoms with Crippen LogP contribution in [0.3, 0.4) is 0 Å². The Morgan fingerprint density at radius 2 is 2.08 bits per heavy atom. The lowest BCUT2D eigenvalue weighted by Gasteiger charge is -2.17. The number of carbonyl (C=O) groups excluding carboxylic acids is 1. The fourth-order valence-electron chi connectivity index (χ4n) is 3.53. The van der Waals surface area contributed by atoms with Gasteiger partial charge in [-0.3, -0.25) is 14.6 Å². The van der Waals surface area contributed by atoms with E-state index in [1.54, 1.807) is 12.3 Å². The minimum atomic E-state index is -0.208. The van der Waals surface area contributed by atoms with Crippen LogP contribution >= 0.6 is 0 Å². The number of nitrogens with zero attached hydrogens (tertiary/aromatic N) is 2. The molecule has 1 aliphatic heterocycles. The molecule has 2 atom stereocenters. The van der Waals surface area contributed by atoms with E-state index in [9.17, 15) is 9.59 Å². The van der Waals surface area contributed by atoms with Crippen LogP contribution in [0.5, 0.6) is 0 Å². The van der Waals surface area contributed by atoms with Crippen LogP contribution in [0, 0.1) is 11.8 Å². The highest BCUT2D eigenvalue weighted by Crippen LogP contribution is 2.34. The van der Waals surface area contributed by atoms with Gasteiger partial charge >= 0.3 is 0 Å². The lowest BCUT2D eigenvalue weighted by Crippen LogP contribution is -2.30. The Morgan fingerprint density at radius 1 is 1.19 bits per heavy atom. The molecule has 136 valence electrons. The molecule has 6 nitrogen and oxygen atoms in total. The Labute approximate surface area is 152 Å². The average Bonchev–Trinajstić information content (AvgIpc) is 3.40. The first-order chi connectivity index (χ1) is 12.7. The zero-order chi connectivity index (χ0) is 17.9. The van der Waals surface area contributed by atoms with Crippen molar-refractivity contribution < 1.29 is 9.53 Å². The maximum Gasteiger partial charge on any atom is 0.255 e. The molecule has 0 aromatic carbocycles. The second-order valence-electron chi connectivity index (χ2n) is 7.25. The number of ether oxygens (including phenoxy) is 1. The van der Waals surface area contributed by atoms with Crippen LogP contribution in [0.25, 0.3) is 0 Å². The number of amides is 1.